The van der Waals surface area contributed by atoms with E-state index in [0.29, 0.717) is 34.1 Å². The first-order valence-electron chi connectivity index (χ1n) is 11.9. The summed E-state index contributed by atoms with van der Waals surface area (Å²) in [5.41, 5.74) is 6.12. The van der Waals surface area contributed by atoms with Crippen molar-refractivity contribution in [1.29, 1.82) is 0 Å². The molecular formula is C29H27FN4O3. The third-order valence-electron chi connectivity index (χ3n) is 6.73. The van der Waals surface area contributed by atoms with Gasteiger partial charge in [-0.15, -0.1) is 0 Å². The third kappa shape index (κ3) is 4.46. The van der Waals surface area contributed by atoms with Crippen LogP contribution in [0.5, 0.6) is 5.75 Å². The van der Waals surface area contributed by atoms with Gasteiger partial charge in [0.05, 0.1) is 24.4 Å². The lowest BCUT2D eigenvalue weighted by Crippen LogP contribution is -2.46. The molecule has 0 radical (unpaired) electrons. The van der Waals surface area contributed by atoms with E-state index in [-0.39, 0.29) is 17.7 Å². The van der Waals surface area contributed by atoms with Crippen molar-refractivity contribution in [3.8, 4) is 17.1 Å². The summed E-state index contributed by atoms with van der Waals surface area (Å²) in [6, 6.07) is 17.2. The number of ether oxygens (including phenoxy) is 1. The second kappa shape index (κ2) is 9.54. The average Bonchev–Trinajstić information content (AvgIpc) is 3.37. The molecule has 188 valence electrons. The van der Waals surface area contributed by atoms with Crippen LogP contribution in [-0.4, -0.2) is 23.3 Å². The van der Waals surface area contributed by atoms with E-state index in [4.69, 9.17) is 14.2 Å². The number of methoxy groups -OCH3 is 1. The summed E-state index contributed by atoms with van der Waals surface area (Å²) < 4.78 is 25.1. The summed E-state index contributed by atoms with van der Waals surface area (Å²) in [5, 5.41) is 7.31. The standard InChI is InChI=1S/C29H27FN4O3/c1-16-9-10-20(13-17(16)2)26-25(28-32-27(33-37-28)21-7-6-8-23(15-21)36-5)19(4)34(29(35)31-26)22-11-12-24(30)18(3)14-22/h6-15,26H,1-5H3,(H,31,35). The van der Waals surface area contributed by atoms with Crippen molar-refractivity contribution >= 4 is 17.3 Å². The highest BCUT2D eigenvalue weighted by molar-refractivity contribution is 6.01. The molecule has 0 fully saturated rings. The molecule has 0 bridgehead atoms. The Kier molecular flexibility index (Phi) is 6.25. The lowest BCUT2D eigenvalue weighted by molar-refractivity contribution is 0.244. The van der Waals surface area contributed by atoms with Gasteiger partial charge in [-0.05, 0) is 80.3 Å². The fourth-order valence-electron chi connectivity index (χ4n) is 4.51. The lowest BCUT2D eigenvalue weighted by Gasteiger charge is -2.35. The molecule has 0 saturated heterocycles. The number of carbonyl (C=O) groups is 1. The SMILES string of the molecule is COc1cccc(-c2noc(C3=C(C)N(c4ccc(F)c(C)c4)C(=O)NC3c3ccc(C)c(C)c3)n2)c1. The number of hydrogen-bond acceptors (Lipinski definition) is 5. The highest BCUT2D eigenvalue weighted by atomic mass is 19.1. The highest BCUT2D eigenvalue weighted by Crippen LogP contribution is 2.40. The van der Waals surface area contributed by atoms with Crippen molar-refractivity contribution in [2.45, 2.75) is 33.7 Å². The second-order valence-electron chi connectivity index (χ2n) is 9.15. The molecule has 2 amide bonds. The van der Waals surface area contributed by atoms with Crippen LogP contribution >= 0.6 is 0 Å². The number of urea groups is 1. The first-order valence-corrected chi connectivity index (χ1v) is 11.9. The van der Waals surface area contributed by atoms with Crippen LogP contribution in [0.25, 0.3) is 17.0 Å². The molecule has 1 unspecified atom stereocenters. The fraction of sp³-hybridized carbons (Fsp3) is 0.207. The maximum atomic E-state index is 14.0. The molecule has 8 heteroatoms. The van der Waals surface area contributed by atoms with Gasteiger partial charge in [-0.1, -0.05) is 35.5 Å². The third-order valence-corrected chi connectivity index (χ3v) is 6.73. The minimum absolute atomic E-state index is 0.280. The van der Waals surface area contributed by atoms with Gasteiger partial charge in [0.2, 0.25) is 5.82 Å². The average molecular weight is 499 g/mol. The molecule has 0 spiro atoms. The van der Waals surface area contributed by atoms with Gasteiger partial charge in [0, 0.05) is 11.3 Å². The van der Waals surface area contributed by atoms with Gasteiger partial charge < -0.3 is 14.6 Å². The Morgan fingerprint density at radius 1 is 0.973 bits per heavy atom. The van der Waals surface area contributed by atoms with Crippen molar-refractivity contribution < 1.29 is 18.4 Å². The van der Waals surface area contributed by atoms with E-state index in [0.717, 1.165) is 22.3 Å². The summed E-state index contributed by atoms with van der Waals surface area (Å²) >= 11 is 0. The zero-order valence-electron chi connectivity index (χ0n) is 21.3. The highest BCUT2D eigenvalue weighted by Gasteiger charge is 2.36. The van der Waals surface area contributed by atoms with Gasteiger partial charge in [-0.25, -0.2) is 9.18 Å². The fourth-order valence-corrected chi connectivity index (χ4v) is 4.51. The molecule has 0 saturated carbocycles. The van der Waals surface area contributed by atoms with Gasteiger partial charge in [0.1, 0.15) is 11.6 Å². The van der Waals surface area contributed by atoms with E-state index in [1.807, 2.05) is 63.2 Å². The van der Waals surface area contributed by atoms with Crippen molar-refractivity contribution in [1.82, 2.24) is 15.5 Å². The quantitative estimate of drug-likeness (QED) is 0.339. The van der Waals surface area contributed by atoms with Gasteiger partial charge in [0.25, 0.3) is 5.89 Å². The minimum atomic E-state index is -0.525. The minimum Gasteiger partial charge on any atom is -0.497 e. The predicted octanol–water partition coefficient (Wildman–Crippen LogP) is 6.51. The Morgan fingerprint density at radius 2 is 1.78 bits per heavy atom. The maximum Gasteiger partial charge on any atom is 0.326 e. The Labute approximate surface area is 214 Å². The van der Waals surface area contributed by atoms with Gasteiger partial charge in [0.15, 0.2) is 0 Å². The first kappa shape index (κ1) is 24.2. The molecule has 1 aliphatic heterocycles. The lowest BCUT2D eigenvalue weighted by atomic mass is 9.92. The van der Waals surface area contributed by atoms with Crippen LogP contribution < -0.4 is 15.0 Å². The monoisotopic (exact) mass is 498 g/mol. The summed E-state index contributed by atoms with van der Waals surface area (Å²) in [4.78, 5) is 19.6. The zero-order chi connectivity index (χ0) is 26.3. The van der Waals surface area contributed by atoms with Crippen LogP contribution in [0.4, 0.5) is 14.9 Å². The molecule has 1 atom stereocenters. The predicted molar refractivity (Wildman–Crippen MR) is 140 cm³/mol. The molecule has 4 aromatic rings. The summed E-state index contributed by atoms with van der Waals surface area (Å²) in [6.45, 7) is 7.56. The van der Waals surface area contributed by atoms with E-state index in [2.05, 4.69) is 10.5 Å². The molecular weight excluding hydrogens is 471 g/mol. The maximum absolute atomic E-state index is 14.0. The normalized spacial score (nSPS) is 15.7. The van der Waals surface area contributed by atoms with Crippen LogP contribution in [0.15, 0.2) is 70.9 Å². The number of hydrogen-bond donors (Lipinski definition) is 1. The van der Waals surface area contributed by atoms with Crippen molar-refractivity contribution in [2.24, 2.45) is 0 Å². The number of halogens is 1. The van der Waals surface area contributed by atoms with Crippen molar-refractivity contribution in [3.05, 3.63) is 100 Å². The number of aromatic nitrogens is 2. The smallest absolute Gasteiger partial charge is 0.326 e. The van der Waals surface area contributed by atoms with E-state index in [1.165, 1.54) is 11.0 Å². The van der Waals surface area contributed by atoms with Crippen LogP contribution in [0, 0.1) is 26.6 Å². The van der Waals surface area contributed by atoms with Gasteiger partial charge in [-0.3, -0.25) is 4.90 Å². The Balaban J connectivity index is 1.67. The molecule has 2 heterocycles. The molecule has 0 aliphatic carbocycles. The van der Waals surface area contributed by atoms with Crippen LogP contribution in [0.3, 0.4) is 0 Å². The summed E-state index contributed by atoms with van der Waals surface area (Å²) in [7, 11) is 1.60. The molecule has 1 aliphatic rings. The molecule has 1 aromatic heterocycles. The van der Waals surface area contributed by atoms with Gasteiger partial charge >= 0.3 is 6.03 Å². The van der Waals surface area contributed by atoms with Crippen LogP contribution in [0.1, 0.15) is 41.1 Å². The number of nitrogens with zero attached hydrogens (tertiary/aromatic N) is 3. The van der Waals surface area contributed by atoms with E-state index in [9.17, 15) is 9.18 Å². The molecule has 3 aromatic carbocycles. The van der Waals surface area contributed by atoms with Crippen molar-refractivity contribution in [3.63, 3.8) is 0 Å². The van der Waals surface area contributed by atoms with E-state index in [1.54, 1.807) is 26.2 Å². The number of carbonyl (C=O) groups excluding carboxylic acids is 1. The molecule has 1 N–H and O–H groups in total. The number of rotatable bonds is 5. The Hall–Kier alpha value is -4.46. The Morgan fingerprint density at radius 3 is 2.51 bits per heavy atom. The van der Waals surface area contributed by atoms with Gasteiger partial charge in [-0.2, -0.15) is 4.98 Å². The largest absolute Gasteiger partial charge is 0.497 e. The summed E-state index contributed by atoms with van der Waals surface area (Å²) in [6.07, 6.45) is 0. The number of anilines is 1. The van der Waals surface area contributed by atoms with E-state index < -0.39 is 6.04 Å². The van der Waals surface area contributed by atoms with Crippen molar-refractivity contribution in [2.75, 3.05) is 12.0 Å². The molecule has 37 heavy (non-hydrogen) atoms. The number of amides is 2. The second-order valence-corrected chi connectivity index (χ2v) is 9.15. The number of nitrogens with one attached hydrogen (secondary N) is 1. The summed E-state index contributed by atoms with van der Waals surface area (Å²) in [5.74, 6) is 1.02. The first-order chi connectivity index (χ1) is 17.8. The number of allylic oxidation sites excluding steroid dienone is 1. The number of aryl methyl sites for hydroxylation is 3. The van der Waals surface area contributed by atoms with Crippen LogP contribution in [-0.2, 0) is 0 Å². The van der Waals surface area contributed by atoms with E-state index >= 15 is 0 Å². The number of benzene rings is 3. The zero-order valence-corrected chi connectivity index (χ0v) is 21.3. The molecule has 7 nitrogen and oxygen atoms in total. The molecule has 5 rings (SSSR count). The topological polar surface area (TPSA) is 80.5 Å². The Bertz CT molecular complexity index is 1540. The van der Waals surface area contributed by atoms with Crippen LogP contribution in [0.2, 0.25) is 0 Å².